The van der Waals surface area contributed by atoms with Crippen LogP contribution in [0.3, 0.4) is 0 Å². The molecule has 1 saturated heterocycles. The van der Waals surface area contributed by atoms with Gasteiger partial charge in [0.15, 0.2) is 5.13 Å². The number of amides is 1. The number of nitrogens with one attached hydrogen (secondary N) is 1. The topological polar surface area (TPSA) is 59.4 Å². The molecule has 0 radical (unpaired) electrons. The van der Waals surface area contributed by atoms with Gasteiger partial charge in [-0.25, -0.2) is 4.98 Å². The molecule has 1 fully saturated rings. The normalized spacial score (nSPS) is 17.0. The van der Waals surface area contributed by atoms with E-state index >= 15 is 0 Å². The number of nitrogens with zero attached hydrogens (tertiary/aromatic N) is 3. The standard InChI is InChI=1S/C21H24N4O2S/c1-14-12-17(15(2)25(14)21-23-9-11-28-21)20(26)24-10-8-22-13-18(24)16-6-4-5-7-19(16)27-3/h4-7,9,11-12,18,22H,8,10,13H2,1-3H3. The molecule has 7 heteroatoms. The molecule has 4 rings (SSSR count). The SMILES string of the molecule is COc1ccccc1C1CNCCN1C(=O)c1cc(C)n(-c2nccs2)c1C. The third-order valence-electron chi connectivity index (χ3n) is 5.27. The fraction of sp³-hybridized carbons (Fsp3) is 0.333. The second kappa shape index (κ2) is 7.77. The molecular weight excluding hydrogens is 372 g/mol. The number of piperazine rings is 1. The molecule has 1 aromatic carbocycles. The summed E-state index contributed by atoms with van der Waals surface area (Å²) < 4.78 is 7.61. The molecule has 0 bridgehead atoms. The number of methoxy groups -OCH3 is 1. The number of carbonyl (C=O) groups excluding carboxylic acids is 1. The molecular formula is C21H24N4O2S. The molecule has 146 valence electrons. The van der Waals surface area contributed by atoms with Crippen LogP contribution in [0.4, 0.5) is 0 Å². The number of aromatic nitrogens is 2. The minimum Gasteiger partial charge on any atom is -0.496 e. The van der Waals surface area contributed by atoms with Crippen LogP contribution >= 0.6 is 11.3 Å². The minimum atomic E-state index is -0.0691. The van der Waals surface area contributed by atoms with Crippen molar-refractivity contribution in [2.75, 3.05) is 26.7 Å². The lowest BCUT2D eigenvalue weighted by Gasteiger charge is -2.37. The van der Waals surface area contributed by atoms with E-state index in [9.17, 15) is 4.79 Å². The molecule has 0 saturated carbocycles. The number of para-hydroxylation sites is 1. The van der Waals surface area contributed by atoms with Gasteiger partial charge in [0.2, 0.25) is 0 Å². The fourth-order valence-electron chi connectivity index (χ4n) is 3.92. The number of aryl methyl sites for hydroxylation is 1. The van der Waals surface area contributed by atoms with E-state index in [0.29, 0.717) is 13.1 Å². The van der Waals surface area contributed by atoms with Crippen molar-refractivity contribution in [2.24, 2.45) is 0 Å². The van der Waals surface area contributed by atoms with Crippen molar-refractivity contribution in [1.82, 2.24) is 19.8 Å². The lowest BCUT2D eigenvalue weighted by molar-refractivity contribution is 0.0631. The largest absolute Gasteiger partial charge is 0.496 e. The number of ether oxygens (including phenoxy) is 1. The molecule has 2 aromatic heterocycles. The van der Waals surface area contributed by atoms with E-state index in [-0.39, 0.29) is 11.9 Å². The molecule has 0 spiro atoms. The zero-order valence-corrected chi connectivity index (χ0v) is 17.1. The summed E-state index contributed by atoms with van der Waals surface area (Å²) in [6.07, 6.45) is 1.79. The van der Waals surface area contributed by atoms with Gasteiger partial charge >= 0.3 is 0 Å². The van der Waals surface area contributed by atoms with Gasteiger partial charge in [0.1, 0.15) is 5.75 Å². The Morgan fingerprint density at radius 3 is 2.89 bits per heavy atom. The average molecular weight is 397 g/mol. The maximum absolute atomic E-state index is 13.6. The Hall–Kier alpha value is -2.64. The Morgan fingerprint density at radius 2 is 2.14 bits per heavy atom. The third-order valence-corrected chi connectivity index (χ3v) is 6.03. The van der Waals surface area contributed by atoms with Crippen LogP contribution in [0, 0.1) is 13.8 Å². The number of hydrogen-bond acceptors (Lipinski definition) is 5. The molecule has 6 nitrogen and oxygen atoms in total. The summed E-state index contributed by atoms with van der Waals surface area (Å²) in [6, 6.07) is 9.83. The quantitative estimate of drug-likeness (QED) is 0.735. The second-order valence-electron chi connectivity index (χ2n) is 6.90. The molecule has 3 aromatic rings. The third kappa shape index (κ3) is 3.21. The highest BCUT2D eigenvalue weighted by atomic mass is 32.1. The summed E-state index contributed by atoms with van der Waals surface area (Å²) in [5.74, 6) is 0.857. The first-order chi connectivity index (χ1) is 13.6. The zero-order chi connectivity index (χ0) is 19.7. The number of hydrogen-bond donors (Lipinski definition) is 1. The molecule has 1 atom stereocenters. The van der Waals surface area contributed by atoms with E-state index in [4.69, 9.17) is 4.74 Å². The van der Waals surface area contributed by atoms with Crippen LogP contribution in [0.1, 0.15) is 33.4 Å². The van der Waals surface area contributed by atoms with E-state index in [0.717, 1.165) is 39.9 Å². The highest BCUT2D eigenvalue weighted by Crippen LogP contribution is 2.32. The minimum absolute atomic E-state index is 0.0494. The van der Waals surface area contributed by atoms with Gasteiger partial charge in [0, 0.05) is 48.2 Å². The monoisotopic (exact) mass is 396 g/mol. The molecule has 1 aliphatic heterocycles. The van der Waals surface area contributed by atoms with Crippen LogP contribution in [-0.4, -0.2) is 47.1 Å². The van der Waals surface area contributed by atoms with Crippen molar-refractivity contribution >= 4 is 17.2 Å². The Bertz CT molecular complexity index is 980. The molecule has 28 heavy (non-hydrogen) atoms. The van der Waals surface area contributed by atoms with Gasteiger partial charge in [-0.15, -0.1) is 11.3 Å². The van der Waals surface area contributed by atoms with Gasteiger partial charge < -0.3 is 15.0 Å². The predicted octanol–water partition coefficient (Wildman–Crippen LogP) is 3.35. The van der Waals surface area contributed by atoms with Gasteiger partial charge in [0.05, 0.1) is 18.7 Å². The van der Waals surface area contributed by atoms with Gasteiger partial charge in [-0.3, -0.25) is 9.36 Å². The summed E-state index contributed by atoms with van der Waals surface area (Å²) in [5, 5.41) is 6.24. The van der Waals surface area contributed by atoms with Crippen LogP contribution in [-0.2, 0) is 0 Å². The van der Waals surface area contributed by atoms with Gasteiger partial charge in [-0.2, -0.15) is 0 Å². The highest BCUT2D eigenvalue weighted by Gasteiger charge is 2.32. The number of benzene rings is 1. The number of thiazole rings is 1. The van der Waals surface area contributed by atoms with E-state index in [1.54, 1.807) is 24.6 Å². The molecule has 1 amide bonds. The summed E-state index contributed by atoms with van der Waals surface area (Å²) in [7, 11) is 1.67. The summed E-state index contributed by atoms with van der Waals surface area (Å²) in [6.45, 7) is 6.14. The molecule has 1 N–H and O–H groups in total. The Morgan fingerprint density at radius 1 is 1.32 bits per heavy atom. The Labute approximate surface area is 168 Å². The summed E-state index contributed by atoms with van der Waals surface area (Å²) in [5.41, 5.74) is 3.70. The molecule has 0 aliphatic carbocycles. The van der Waals surface area contributed by atoms with Crippen LogP contribution in [0.2, 0.25) is 0 Å². The Balaban J connectivity index is 1.71. The number of carbonyl (C=O) groups is 1. The van der Waals surface area contributed by atoms with Crippen molar-refractivity contribution in [3.05, 3.63) is 64.4 Å². The van der Waals surface area contributed by atoms with Crippen LogP contribution in [0.5, 0.6) is 5.75 Å². The first-order valence-electron chi connectivity index (χ1n) is 9.35. The van der Waals surface area contributed by atoms with Crippen molar-refractivity contribution in [3.63, 3.8) is 0 Å². The van der Waals surface area contributed by atoms with Crippen molar-refractivity contribution in [3.8, 4) is 10.9 Å². The van der Waals surface area contributed by atoms with E-state index in [2.05, 4.69) is 14.9 Å². The molecule has 1 unspecified atom stereocenters. The summed E-state index contributed by atoms with van der Waals surface area (Å²) in [4.78, 5) is 19.9. The fourth-order valence-corrected chi connectivity index (χ4v) is 4.67. The van der Waals surface area contributed by atoms with Crippen LogP contribution in [0.15, 0.2) is 41.9 Å². The molecule has 1 aliphatic rings. The number of rotatable bonds is 4. The maximum Gasteiger partial charge on any atom is 0.256 e. The first kappa shape index (κ1) is 18.7. The van der Waals surface area contributed by atoms with Gasteiger partial charge in [-0.1, -0.05) is 18.2 Å². The van der Waals surface area contributed by atoms with Crippen LogP contribution in [0.25, 0.3) is 5.13 Å². The van der Waals surface area contributed by atoms with Crippen molar-refractivity contribution < 1.29 is 9.53 Å². The lowest BCUT2D eigenvalue weighted by atomic mass is 10.0. The Kier molecular flexibility index (Phi) is 5.19. The van der Waals surface area contributed by atoms with E-state index in [1.165, 1.54) is 0 Å². The first-order valence-corrected chi connectivity index (χ1v) is 10.2. The van der Waals surface area contributed by atoms with Crippen molar-refractivity contribution in [1.29, 1.82) is 0 Å². The van der Waals surface area contributed by atoms with Crippen molar-refractivity contribution in [2.45, 2.75) is 19.9 Å². The predicted molar refractivity (Wildman–Crippen MR) is 111 cm³/mol. The zero-order valence-electron chi connectivity index (χ0n) is 16.3. The van der Waals surface area contributed by atoms with Crippen LogP contribution < -0.4 is 10.1 Å². The van der Waals surface area contributed by atoms with Gasteiger partial charge in [0.25, 0.3) is 5.91 Å². The molecule has 3 heterocycles. The van der Waals surface area contributed by atoms with Gasteiger partial charge in [-0.05, 0) is 26.0 Å². The van der Waals surface area contributed by atoms with E-state index < -0.39 is 0 Å². The van der Waals surface area contributed by atoms with E-state index in [1.807, 2.05) is 54.5 Å². The smallest absolute Gasteiger partial charge is 0.256 e. The highest BCUT2D eigenvalue weighted by molar-refractivity contribution is 7.12. The summed E-state index contributed by atoms with van der Waals surface area (Å²) >= 11 is 1.57. The second-order valence-corrected chi connectivity index (χ2v) is 7.77. The lowest BCUT2D eigenvalue weighted by Crippen LogP contribution is -2.48. The average Bonchev–Trinajstić information content (AvgIpc) is 3.35. The maximum atomic E-state index is 13.6.